The number of anilines is 1. The fraction of sp³-hybridized carbons (Fsp3) is 0.250. The normalized spacial score (nSPS) is 24.2. The van der Waals surface area contributed by atoms with Crippen molar-refractivity contribution >= 4 is 23.3 Å². The van der Waals surface area contributed by atoms with Crippen molar-refractivity contribution in [3.8, 4) is 0 Å². The Hall–Kier alpha value is -2.26. The average Bonchev–Trinajstić information content (AvgIpc) is 3.04. The van der Waals surface area contributed by atoms with Crippen LogP contribution in [0.4, 0.5) is 5.69 Å². The van der Waals surface area contributed by atoms with Crippen LogP contribution in [-0.4, -0.2) is 11.1 Å². The van der Waals surface area contributed by atoms with Gasteiger partial charge in [0.05, 0.1) is 11.6 Å². The van der Waals surface area contributed by atoms with Gasteiger partial charge in [0.15, 0.2) is 0 Å². The smallest absolute Gasteiger partial charge is 0.336 e. The molecule has 0 aromatic heterocycles. The largest absolute Gasteiger partial charge is 0.478 e. The minimum atomic E-state index is -0.888. The van der Waals surface area contributed by atoms with Gasteiger partial charge in [-0.2, -0.15) is 0 Å². The zero-order chi connectivity index (χ0) is 16.8. The Morgan fingerprint density at radius 3 is 2.88 bits per heavy atom. The summed E-state index contributed by atoms with van der Waals surface area (Å²) in [6.07, 6.45) is 5.49. The van der Waals surface area contributed by atoms with Crippen molar-refractivity contribution in [1.82, 2.24) is 0 Å². The Balaban J connectivity index is 1.85. The first kappa shape index (κ1) is 15.3. The Kier molecular flexibility index (Phi) is 3.61. The Morgan fingerprint density at radius 1 is 1.29 bits per heavy atom. The van der Waals surface area contributed by atoms with Gasteiger partial charge in [-0.05, 0) is 54.2 Å². The molecule has 1 aliphatic carbocycles. The lowest BCUT2D eigenvalue weighted by atomic mass is 9.76. The van der Waals surface area contributed by atoms with E-state index in [1.807, 2.05) is 31.2 Å². The predicted octanol–water partition coefficient (Wildman–Crippen LogP) is 5.17. The third-order valence-electron chi connectivity index (χ3n) is 5.24. The minimum absolute atomic E-state index is 0.124. The summed E-state index contributed by atoms with van der Waals surface area (Å²) in [6, 6.07) is 11.7. The number of rotatable bonds is 2. The maximum Gasteiger partial charge on any atom is 0.336 e. The van der Waals surface area contributed by atoms with Gasteiger partial charge < -0.3 is 10.4 Å². The summed E-state index contributed by atoms with van der Waals surface area (Å²) < 4.78 is 0. The van der Waals surface area contributed by atoms with Crippen LogP contribution in [0, 0.1) is 12.8 Å². The molecule has 4 rings (SSSR count). The van der Waals surface area contributed by atoms with E-state index in [2.05, 4.69) is 23.5 Å². The number of carboxylic acids is 1. The summed E-state index contributed by atoms with van der Waals surface area (Å²) >= 11 is 6.18. The first-order valence-corrected chi connectivity index (χ1v) is 8.49. The molecule has 0 saturated carbocycles. The number of hydrogen-bond donors (Lipinski definition) is 2. The summed E-state index contributed by atoms with van der Waals surface area (Å²) in [5, 5.41) is 13.7. The van der Waals surface area contributed by atoms with Crippen LogP contribution < -0.4 is 5.32 Å². The maximum absolute atomic E-state index is 11.5. The fourth-order valence-corrected chi connectivity index (χ4v) is 4.27. The summed E-state index contributed by atoms with van der Waals surface area (Å²) in [5.74, 6) is -0.154. The van der Waals surface area contributed by atoms with Crippen molar-refractivity contribution in [2.45, 2.75) is 25.3 Å². The van der Waals surface area contributed by atoms with Crippen LogP contribution >= 0.6 is 11.6 Å². The zero-order valence-corrected chi connectivity index (χ0v) is 14.0. The Morgan fingerprint density at radius 2 is 2.12 bits per heavy atom. The first-order valence-electron chi connectivity index (χ1n) is 8.11. The molecular formula is C20H18ClNO2. The van der Waals surface area contributed by atoms with Crippen LogP contribution in [0.15, 0.2) is 48.6 Å². The van der Waals surface area contributed by atoms with Crippen molar-refractivity contribution in [3.63, 3.8) is 0 Å². The third-order valence-corrected chi connectivity index (χ3v) is 5.47. The summed E-state index contributed by atoms with van der Waals surface area (Å²) in [4.78, 5) is 11.5. The summed E-state index contributed by atoms with van der Waals surface area (Å²) in [7, 11) is 0. The molecular weight excluding hydrogens is 322 g/mol. The molecule has 2 aromatic carbocycles. The molecule has 4 heteroatoms. The van der Waals surface area contributed by atoms with Gasteiger partial charge >= 0.3 is 5.97 Å². The number of nitrogens with one attached hydrogen (secondary N) is 1. The Bertz CT molecular complexity index is 859. The molecule has 0 fully saturated rings. The number of carboxylic acid groups (broad SMARTS) is 1. The third kappa shape index (κ3) is 2.31. The van der Waals surface area contributed by atoms with E-state index in [0.717, 1.165) is 28.3 Å². The maximum atomic E-state index is 11.5. The predicted molar refractivity (Wildman–Crippen MR) is 95.9 cm³/mol. The highest BCUT2D eigenvalue weighted by Crippen LogP contribution is 2.51. The van der Waals surface area contributed by atoms with Crippen LogP contribution in [0.5, 0.6) is 0 Å². The molecule has 1 aliphatic heterocycles. The molecule has 2 aromatic rings. The molecule has 0 spiro atoms. The lowest BCUT2D eigenvalue weighted by Crippen LogP contribution is -2.30. The molecule has 122 valence electrons. The molecule has 3 nitrogen and oxygen atoms in total. The average molecular weight is 340 g/mol. The van der Waals surface area contributed by atoms with Gasteiger partial charge in [-0.3, -0.25) is 0 Å². The van der Waals surface area contributed by atoms with Gasteiger partial charge in [-0.15, -0.1) is 0 Å². The highest BCUT2D eigenvalue weighted by atomic mass is 35.5. The van der Waals surface area contributed by atoms with E-state index in [-0.39, 0.29) is 6.04 Å². The van der Waals surface area contributed by atoms with Crippen molar-refractivity contribution in [2.75, 3.05) is 5.32 Å². The lowest BCUT2D eigenvalue weighted by molar-refractivity contribution is 0.0696. The quantitative estimate of drug-likeness (QED) is 0.742. The van der Waals surface area contributed by atoms with Gasteiger partial charge in [0.1, 0.15) is 0 Å². The van der Waals surface area contributed by atoms with Crippen LogP contribution in [0.3, 0.4) is 0 Å². The molecule has 3 atom stereocenters. The molecule has 2 aliphatic rings. The number of halogens is 1. The SMILES string of the molecule is Cc1c(C(=O)O)ccc2c1N[C@H](c1cccc(Cl)c1)[C@@H]1CC=C[C@H]21. The minimum Gasteiger partial charge on any atom is -0.478 e. The number of hydrogen-bond acceptors (Lipinski definition) is 2. The monoisotopic (exact) mass is 339 g/mol. The highest BCUT2D eigenvalue weighted by molar-refractivity contribution is 6.30. The number of aromatic carboxylic acids is 1. The molecule has 1 heterocycles. The van der Waals surface area contributed by atoms with E-state index >= 15 is 0 Å². The van der Waals surface area contributed by atoms with E-state index in [9.17, 15) is 9.90 Å². The van der Waals surface area contributed by atoms with Gasteiger partial charge in [-0.1, -0.05) is 42.0 Å². The van der Waals surface area contributed by atoms with Gasteiger partial charge in [0.25, 0.3) is 0 Å². The van der Waals surface area contributed by atoms with Crippen molar-refractivity contribution in [3.05, 3.63) is 75.8 Å². The number of carbonyl (C=O) groups is 1. The highest BCUT2D eigenvalue weighted by Gasteiger charge is 2.38. The summed E-state index contributed by atoms with van der Waals surface area (Å²) in [6.45, 7) is 1.88. The lowest BCUT2D eigenvalue weighted by Gasteiger charge is -2.38. The molecule has 2 N–H and O–H groups in total. The second-order valence-electron chi connectivity index (χ2n) is 6.54. The number of allylic oxidation sites excluding steroid dienone is 2. The zero-order valence-electron chi connectivity index (χ0n) is 13.3. The van der Waals surface area contributed by atoms with E-state index in [0.29, 0.717) is 17.4 Å². The van der Waals surface area contributed by atoms with Gasteiger partial charge in [0.2, 0.25) is 0 Å². The van der Waals surface area contributed by atoms with Crippen LogP contribution in [0.2, 0.25) is 5.02 Å². The Labute approximate surface area is 146 Å². The standard InChI is InChI=1S/C20H18ClNO2/c1-11-14(20(23)24)8-9-17-15-6-3-7-16(15)19(22-18(11)17)12-4-2-5-13(21)10-12/h2-6,8-10,15-16,19,22H,7H2,1H3,(H,23,24)/t15-,16+,19+/m0/s1. The number of benzene rings is 2. The topological polar surface area (TPSA) is 49.3 Å². The van der Waals surface area contributed by atoms with Crippen LogP contribution in [-0.2, 0) is 0 Å². The van der Waals surface area contributed by atoms with E-state index in [1.54, 1.807) is 6.07 Å². The van der Waals surface area contributed by atoms with E-state index in [4.69, 9.17) is 11.6 Å². The molecule has 0 saturated heterocycles. The molecule has 0 bridgehead atoms. The fourth-order valence-electron chi connectivity index (χ4n) is 4.08. The van der Waals surface area contributed by atoms with Crippen LogP contribution in [0.25, 0.3) is 0 Å². The van der Waals surface area contributed by atoms with Crippen LogP contribution in [0.1, 0.15) is 45.4 Å². The van der Waals surface area contributed by atoms with Crippen molar-refractivity contribution < 1.29 is 9.90 Å². The van der Waals surface area contributed by atoms with Crippen molar-refractivity contribution in [2.24, 2.45) is 5.92 Å². The molecule has 0 amide bonds. The second kappa shape index (κ2) is 5.67. The molecule has 0 radical (unpaired) electrons. The summed E-state index contributed by atoms with van der Waals surface area (Å²) in [5.41, 5.74) is 4.44. The van der Waals surface area contributed by atoms with Crippen molar-refractivity contribution in [1.29, 1.82) is 0 Å². The molecule has 24 heavy (non-hydrogen) atoms. The van der Waals surface area contributed by atoms with Gasteiger partial charge in [-0.25, -0.2) is 4.79 Å². The van der Waals surface area contributed by atoms with Gasteiger partial charge in [0, 0.05) is 16.6 Å². The first-order chi connectivity index (χ1) is 11.6. The molecule has 0 unspecified atom stereocenters. The second-order valence-corrected chi connectivity index (χ2v) is 6.97. The van der Waals surface area contributed by atoms with E-state index in [1.165, 1.54) is 5.56 Å². The number of fused-ring (bicyclic) bond motifs is 3. The van der Waals surface area contributed by atoms with E-state index < -0.39 is 5.97 Å².